The van der Waals surface area contributed by atoms with Crippen LogP contribution in [0, 0.1) is 5.92 Å². The van der Waals surface area contributed by atoms with Crippen molar-refractivity contribution in [3.8, 4) is 0 Å². The number of nitrogens with two attached hydrogens (primary N) is 1. The lowest BCUT2D eigenvalue weighted by Gasteiger charge is -2.21. The third-order valence-corrected chi connectivity index (χ3v) is 4.00. The Morgan fingerprint density at radius 2 is 1.46 bits per heavy atom. The molecule has 178 valence electrons. The van der Waals surface area contributed by atoms with Crippen molar-refractivity contribution in [2.75, 3.05) is 0 Å². The number of carbonyl (C=O) groups excluding carboxylic acids is 1. The Morgan fingerprint density at radius 1 is 1.04 bits per heavy atom. The van der Waals surface area contributed by atoms with Gasteiger partial charge in [0.15, 0.2) is 0 Å². The van der Waals surface area contributed by atoms with Crippen molar-refractivity contribution in [3.63, 3.8) is 0 Å². The van der Waals surface area contributed by atoms with Gasteiger partial charge in [0.05, 0.1) is 18.6 Å². The standard InChI is InChI=1S/C11H20O3.C5H11NO.C2H6.CH4.4H2S/c1-11(2,3)14-10(13)7-8-5-4-6-9(8)12;6-4-2-1-3-5(4)7;1-2;;;;;/h8-9,12H,4-7H2,1-3H3;4-5,7H,1-3,6H2;1-2H3;1H4;4*1H2/t8-,9+;4-,5-;;;;;;/m10....../s1/i;;1D;;;;;. The molecule has 0 unspecified atom stereocenters. The number of esters is 1. The van der Waals surface area contributed by atoms with Crippen molar-refractivity contribution in [1.82, 2.24) is 0 Å². The van der Waals surface area contributed by atoms with Gasteiger partial charge < -0.3 is 20.7 Å². The van der Waals surface area contributed by atoms with E-state index in [0.717, 1.165) is 38.5 Å². The van der Waals surface area contributed by atoms with Gasteiger partial charge in [0.1, 0.15) is 5.60 Å². The summed E-state index contributed by atoms with van der Waals surface area (Å²) in [4.78, 5) is 11.4. The molecule has 28 heavy (non-hydrogen) atoms. The minimum absolute atomic E-state index is 0. The molecule has 0 bridgehead atoms. The highest BCUT2D eigenvalue weighted by atomic mass is 32.1. The highest BCUT2D eigenvalue weighted by Gasteiger charge is 2.29. The molecule has 5 nitrogen and oxygen atoms in total. The second kappa shape index (κ2) is 22.4. The van der Waals surface area contributed by atoms with Crippen LogP contribution in [0.25, 0.3) is 0 Å². The van der Waals surface area contributed by atoms with Gasteiger partial charge in [-0.15, -0.1) is 0 Å². The topological polar surface area (TPSA) is 92.8 Å². The smallest absolute Gasteiger partial charge is 0.306 e. The zero-order chi connectivity index (χ0) is 18.8. The highest BCUT2D eigenvalue weighted by molar-refractivity contribution is 7.59. The summed E-state index contributed by atoms with van der Waals surface area (Å²) >= 11 is 0. The summed E-state index contributed by atoms with van der Waals surface area (Å²) in [7, 11) is 0. The molecule has 2 fully saturated rings. The van der Waals surface area contributed by atoms with Gasteiger partial charge in [-0.25, -0.2) is 0 Å². The van der Waals surface area contributed by atoms with Gasteiger partial charge in [-0.2, -0.15) is 54.0 Å². The molecule has 0 radical (unpaired) electrons. The van der Waals surface area contributed by atoms with Gasteiger partial charge in [-0.1, -0.05) is 27.7 Å². The Morgan fingerprint density at radius 3 is 1.71 bits per heavy atom. The van der Waals surface area contributed by atoms with Crippen molar-refractivity contribution in [3.05, 3.63) is 0 Å². The monoisotopic (exact) mass is 484 g/mol. The van der Waals surface area contributed by atoms with Crippen LogP contribution in [0.1, 0.15) is 88.3 Å². The lowest BCUT2D eigenvalue weighted by atomic mass is 10.0. The molecule has 0 aromatic rings. The zero-order valence-electron chi connectivity index (χ0n) is 18.3. The fraction of sp³-hybridized carbons (Fsp3) is 0.947. The van der Waals surface area contributed by atoms with E-state index in [2.05, 4.69) is 0 Å². The molecule has 0 aliphatic heterocycles. The molecule has 2 aliphatic rings. The maximum atomic E-state index is 11.4. The number of hydrogen-bond acceptors (Lipinski definition) is 5. The molecule has 0 heterocycles. The van der Waals surface area contributed by atoms with Crippen molar-refractivity contribution >= 4 is 60.0 Å². The highest BCUT2D eigenvalue weighted by Crippen LogP contribution is 2.29. The summed E-state index contributed by atoms with van der Waals surface area (Å²) in [5.74, 6) is -0.0756. The van der Waals surface area contributed by atoms with E-state index >= 15 is 0 Å². The van der Waals surface area contributed by atoms with E-state index in [-0.39, 0.29) is 91.5 Å². The average Bonchev–Trinajstić information content (AvgIpc) is 2.99. The van der Waals surface area contributed by atoms with Crippen LogP contribution in [0.15, 0.2) is 0 Å². The van der Waals surface area contributed by atoms with Crippen molar-refractivity contribution in [2.45, 2.75) is 111 Å². The van der Waals surface area contributed by atoms with Gasteiger partial charge >= 0.3 is 5.97 Å². The lowest BCUT2D eigenvalue weighted by molar-refractivity contribution is -0.156. The van der Waals surface area contributed by atoms with E-state index in [1.54, 1.807) is 6.92 Å². The molecule has 0 aromatic heterocycles. The first-order valence-corrected chi connectivity index (χ1v) is 8.73. The summed E-state index contributed by atoms with van der Waals surface area (Å²) in [6, 6.07) is 0.0694. The Kier molecular flexibility index (Phi) is 31.4. The Hall–Kier alpha value is 0.750. The number of ether oxygens (including phenoxy) is 1. The third kappa shape index (κ3) is 20.0. The van der Waals surface area contributed by atoms with Crippen LogP contribution in [0.2, 0.25) is 0 Å². The second-order valence-electron chi connectivity index (χ2n) is 7.21. The SMILES string of the molecule is C.CC(C)(C)OC(=O)C[C@H]1CCC[C@@H]1O.N[C@H]1CCC[C@@H]1O.S.S.S.S.[2H]CC. The molecule has 4 N–H and O–H groups in total. The quantitative estimate of drug-likeness (QED) is 0.518. The normalized spacial score (nSPS) is 25.0. The fourth-order valence-corrected chi connectivity index (χ4v) is 2.82. The van der Waals surface area contributed by atoms with Crippen LogP contribution >= 0.6 is 54.0 Å². The minimum atomic E-state index is -0.416. The van der Waals surface area contributed by atoms with Crippen LogP contribution in [-0.2, 0) is 9.53 Å². The fourth-order valence-electron chi connectivity index (χ4n) is 2.82. The summed E-state index contributed by atoms with van der Waals surface area (Å²) in [6.07, 6.45) is 5.65. The van der Waals surface area contributed by atoms with Crippen LogP contribution in [0.4, 0.5) is 0 Å². The predicted octanol–water partition coefficient (Wildman–Crippen LogP) is 3.85. The molecule has 2 rings (SSSR count). The molecule has 0 aromatic carbocycles. The Bertz CT molecular complexity index is 356. The number of aliphatic hydroxyl groups excluding tert-OH is 2. The van der Waals surface area contributed by atoms with E-state index in [1.807, 2.05) is 20.8 Å². The molecular formula is C19H49NO4S4. The lowest BCUT2D eigenvalue weighted by Crippen LogP contribution is -2.28. The zero-order valence-corrected chi connectivity index (χ0v) is 21.3. The van der Waals surface area contributed by atoms with Crippen LogP contribution < -0.4 is 5.73 Å². The first kappa shape index (κ1) is 39.2. The van der Waals surface area contributed by atoms with Crippen LogP contribution in [0.5, 0.6) is 0 Å². The van der Waals surface area contributed by atoms with E-state index in [1.165, 1.54) is 0 Å². The van der Waals surface area contributed by atoms with Crippen molar-refractivity contribution in [1.29, 1.82) is 0 Å². The summed E-state index contributed by atoms with van der Waals surface area (Å²) in [5, 5.41) is 18.4. The molecule has 2 saturated carbocycles. The Labute approximate surface area is 203 Å². The van der Waals surface area contributed by atoms with E-state index in [9.17, 15) is 9.90 Å². The maximum Gasteiger partial charge on any atom is 0.306 e. The maximum absolute atomic E-state index is 11.4. The van der Waals surface area contributed by atoms with Gasteiger partial charge in [-0.3, -0.25) is 4.79 Å². The summed E-state index contributed by atoms with van der Waals surface area (Å²) in [6.45, 7) is 7.86. The largest absolute Gasteiger partial charge is 0.460 e. The predicted molar refractivity (Wildman–Crippen MR) is 141 cm³/mol. The second-order valence-corrected chi connectivity index (χ2v) is 7.21. The molecule has 2 aliphatic carbocycles. The Balaban J connectivity index is -0.0000000764. The van der Waals surface area contributed by atoms with E-state index in [0.29, 0.717) is 13.3 Å². The molecular weight excluding hydrogens is 434 g/mol. The molecule has 0 amide bonds. The number of aliphatic hydroxyl groups is 2. The molecule has 0 spiro atoms. The van der Waals surface area contributed by atoms with Gasteiger partial charge in [-0.05, 0) is 58.8 Å². The molecule has 4 atom stereocenters. The summed E-state index contributed by atoms with van der Waals surface area (Å²) in [5.41, 5.74) is 5.01. The van der Waals surface area contributed by atoms with Gasteiger partial charge in [0.2, 0.25) is 0 Å². The number of rotatable bonds is 2. The molecule has 0 saturated heterocycles. The van der Waals surface area contributed by atoms with E-state index < -0.39 is 5.60 Å². The van der Waals surface area contributed by atoms with Gasteiger partial charge in [0.25, 0.3) is 0 Å². The third-order valence-electron chi connectivity index (χ3n) is 4.00. The van der Waals surface area contributed by atoms with E-state index in [4.69, 9.17) is 16.9 Å². The van der Waals surface area contributed by atoms with Crippen molar-refractivity contribution < 1.29 is 21.1 Å². The van der Waals surface area contributed by atoms with Crippen LogP contribution in [0.3, 0.4) is 0 Å². The van der Waals surface area contributed by atoms with Gasteiger partial charge in [0, 0.05) is 7.41 Å². The molecule has 9 heteroatoms. The minimum Gasteiger partial charge on any atom is -0.460 e. The van der Waals surface area contributed by atoms with Crippen LogP contribution in [-0.4, -0.2) is 40.0 Å². The first-order chi connectivity index (χ1) is 11.1. The number of carbonyl (C=O) groups is 1. The summed E-state index contributed by atoms with van der Waals surface area (Å²) < 4.78 is 11.4. The number of hydrogen-bond donors (Lipinski definition) is 3. The van der Waals surface area contributed by atoms with Crippen molar-refractivity contribution in [2.24, 2.45) is 11.7 Å². The first-order valence-electron chi connectivity index (χ1n) is 9.44. The average molecular weight is 485 g/mol.